The fourth-order valence-corrected chi connectivity index (χ4v) is 2.51. The van der Waals surface area contributed by atoms with Gasteiger partial charge in [0.1, 0.15) is 11.7 Å². The summed E-state index contributed by atoms with van der Waals surface area (Å²) in [5, 5.41) is 48.6. The van der Waals surface area contributed by atoms with Gasteiger partial charge in [-0.3, -0.25) is 4.99 Å². The Kier molecular flexibility index (Phi) is 6.38. The van der Waals surface area contributed by atoms with Crippen LogP contribution in [-0.2, 0) is 20.8 Å². The first-order valence-corrected chi connectivity index (χ1v) is 8.07. The molecular weight excluding hydrogens is 372 g/mol. The van der Waals surface area contributed by atoms with Crippen LogP contribution in [0.4, 0.5) is 0 Å². The monoisotopic (exact) mass is 390 g/mol. The normalized spacial score (nSPS) is 19.1. The van der Waals surface area contributed by atoms with Crippen molar-refractivity contribution in [3.05, 3.63) is 47.2 Å². The number of phenolic OH excluding ortho intramolecular Hbond substituents is 2. The van der Waals surface area contributed by atoms with Crippen molar-refractivity contribution in [2.45, 2.75) is 24.9 Å². The Balaban J connectivity index is 2.18. The third kappa shape index (κ3) is 5.34. The summed E-state index contributed by atoms with van der Waals surface area (Å²) in [5.74, 6) is -4.47. The minimum atomic E-state index is -1.32. The second-order valence-corrected chi connectivity index (χ2v) is 6.02. The molecule has 0 amide bonds. The number of aromatic hydroxyl groups is 2. The number of phenols is 2. The van der Waals surface area contributed by atoms with Gasteiger partial charge in [0.05, 0.1) is 0 Å². The summed E-state index contributed by atoms with van der Waals surface area (Å²) in [6.45, 7) is 0. The zero-order chi connectivity index (χ0) is 20.8. The summed E-state index contributed by atoms with van der Waals surface area (Å²) in [7, 11) is 0. The van der Waals surface area contributed by atoms with Crippen LogP contribution in [0.2, 0.25) is 0 Å². The highest BCUT2D eigenvalue weighted by atomic mass is 16.4. The zero-order valence-electron chi connectivity index (χ0n) is 14.4. The van der Waals surface area contributed by atoms with E-state index in [1.165, 1.54) is 36.6 Å². The third-order valence-corrected chi connectivity index (χ3v) is 3.94. The Hall–Kier alpha value is -3.82. The predicted octanol–water partition coefficient (Wildman–Crippen LogP) is 0.506. The second kappa shape index (κ2) is 8.71. The van der Waals surface area contributed by atoms with Crippen LogP contribution in [-0.4, -0.2) is 61.7 Å². The van der Waals surface area contributed by atoms with Gasteiger partial charge in [0.2, 0.25) is 0 Å². The maximum atomic E-state index is 11.4. The van der Waals surface area contributed by atoms with Crippen LogP contribution in [0.15, 0.2) is 46.6 Å². The second-order valence-electron chi connectivity index (χ2n) is 6.02. The lowest BCUT2D eigenvalue weighted by atomic mass is 10.00. The number of nitrogens with one attached hydrogen (secondary N) is 1. The van der Waals surface area contributed by atoms with Gasteiger partial charge in [-0.1, -0.05) is 6.07 Å². The molecule has 1 aliphatic rings. The fourth-order valence-electron chi connectivity index (χ4n) is 2.51. The summed E-state index contributed by atoms with van der Waals surface area (Å²) >= 11 is 0. The molecule has 2 unspecified atom stereocenters. The standard InChI is InChI=1S/C18H18N2O8/c21-14-2-1-9(8-15(14)22)5-11(16(23)24)19-4-3-10-6-12(17(25)26)20-13(7-10)18(27)28/h1-4,6,8,11,13,20-22H,5,7H2,(H,23,24)(H,25,26)(H,27,28)/b10-3-,19-4?. The van der Waals surface area contributed by atoms with Crippen LogP contribution < -0.4 is 5.32 Å². The number of carbonyl (C=O) groups is 3. The molecule has 6 N–H and O–H groups in total. The van der Waals surface area contributed by atoms with E-state index in [4.69, 9.17) is 10.2 Å². The van der Waals surface area contributed by atoms with Crippen LogP contribution in [0.3, 0.4) is 0 Å². The number of hydrogen-bond donors (Lipinski definition) is 6. The molecular formula is C18H18N2O8. The number of hydrogen-bond acceptors (Lipinski definition) is 7. The van der Waals surface area contributed by atoms with Crippen molar-refractivity contribution < 1.29 is 39.9 Å². The van der Waals surface area contributed by atoms with E-state index in [9.17, 15) is 29.7 Å². The van der Waals surface area contributed by atoms with Crippen molar-refractivity contribution in [2.24, 2.45) is 4.99 Å². The van der Waals surface area contributed by atoms with E-state index in [0.717, 1.165) is 0 Å². The number of allylic oxidation sites excluding steroid dienone is 2. The minimum Gasteiger partial charge on any atom is -0.504 e. The van der Waals surface area contributed by atoms with Gasteiger partial charge in [0, 0.05) is 19.1 Å². The Morgan fingerprint density at radius 3 is 2.46 bits per heavy atom. The predicted molar refractivity (Wildman–Crippen MR) is 96.4 cm³/mol. The molecule has 0 spiro atoms. The number of nitrogens with zero attached hydrogens (tertiary/aromatic N) is 1. The molecule has 0 saturated heterocycles. The first-order chi connectivity index (χ1) is 13.2. The largest absolute Gasteiger partial charge is 0.504 e. The molecule has 0 bridgehead atoms. The lowest BCUT2D eigenvalue weighted by molar-refractivity contribution is -0.140. The molecule has 1 aliphatic heterocycles. The molecule has 0 aromatic heterocycles. The maximum Gasteiger partial charge on any atom is 0.351 e. The van der Waals surface area contributed by atoms with E-state index >= 15 is 0 Å². The number of benzene rings is 1. The minimum absolute atomic E-state index is 0.00169. The summed E-state index contributed by atoms with van der Waals surface area (Å²) in [6, 6.07) is 1.59. The highest BCUT2D eigenvalue weighted by molar-refractivity contribution is 5.90. The Bertz CT molecular complexity index is 888. The van der Waals surface area contributed by atoms with Crippen LogP contribution >= 0.6 is 0 Å². The van der Waals surface area contributed by atoms with Crippen LogP contribution in [0.1, 0.15) is 12.0 Å². The van der Waals surface area contributed by atoms with Gasteiger partial charge in [0.15, 0.2) is 17.5 Å². The van der Waals surface area contributed by atoms with E-state index in [0.29, 0.717) is 11.1 Å². The van der Waals surface area contributed by atoms with E-state index in [1.54, 1.807) is 0 Å². The Morgan fingerprint density at radius 2 is 1.89 bits per heavy atom. The Labute approximate surface area is 158 Å². The highest BCUT2D eigenvalue weighted by Crippen LogP contribution is 2.25. The topological polar surface area (TPSA) is 177 Å². The molecule has 148 valence electrons. The van der Waals surface area contributed by atoms with Gasteiger partial charge in [-0.25, -0.2) is 14.4 Å². The van der Waals surface area contributed by atoms with E-state index in [2.05, 4.69) is 10.3 Å². The van der Waals surface area contributed by atoms with Gasteiger partial charge in [-0.15, -0.1) is 0 Å². The first kappa shape index (κ1) is 20.5. The van der Waals surface area contributed by atoms with Crippen molar-refractivity contribution in [2.75, 3.05) is 0 Å². The molecule has 0 aliphatic carbocycles. The lowest BCUT2D eigenvalue weighted by Gasteiger charge is -2.21. The number of carboxylic acid groups (broad SMARTS) is 3. The number of aliphatic carboxylic acids is 3. The van der Waals surface area contributed by atoms with Gasteiger partial charge >= 0.3 is 17.9 Å². The van der Waals surface area contributed by atoms with Gasteiger partial charge in [-0.05, 0) is 35.4 Å². The van der Waals surface area contributed by atoms with Crippen LogP contribution in [0, 0.1) is 0 Å². The quantitative estimate of drug-likeness (QED) is 0.286. The molecule has 1 aromatic carbocycles. The van der Waals surface area contributed by atoms with Crippen LogP contribution in [0.25, 0.3) is 0 Å². The molecule has 10 nitrogen and oxygen atoms in total. The number of carboxylic acids is 3. The third-order valence-electron chi connectivity index (χ3n) is 3.94. The maximum absolute atomic E-state index is 11.4. The van der Waals surface area contributed by atoms with Crippen molar-refractivity contribution in [1.82, 2.24) is 5.32 Å². The molecule has 1 aromatic rings. The molecule has 2 atom stereocenters. The molecule has 1 heterocycles. The summed E-state index contributed by atoms with van der Waals surface area (Å²) in [6.07, 6.45) is 3.72. The highest BCUT2D eigenvalue weighted by Gasteiger charge is 2.26. The van der Waals surface area contributed by atoms with Gasteiger partial charge in [-0.2, -0.15) is 0 Å². The molecule has 0 saturated carbocycles. The zero-order valence-corrected chi connectivity index (χ0v) is 14.4. The molecule has 0 fully saturated rings. The smallest absolute Gasteiger partial charge is 0.351 e. The van der Waals surface area contributed by atoms with Crippen molar-refractivity contribution in [1.29, 1.82) is 0 Å². The van der Waals surface area contributed by atoms with E-state index in [1.807, 2.05) is 0 Å². The SMILES string of the molecule is O=C(O)C1=C/C(=C/C=NC(Cc2ccc(O)c(O)c2)C(=O)O)CC(C(=O)O)N1. The molecule has 28 heavy (non-hydrogen) atoms. The van der Waals surface area contributed by atoms with Crippen LogP contribution in [0.5, 0.6) is 11.5 Å². The van der Waals surface area contributed by atoms with Crippen molar-refractivity contribution >= 4 is 24.1 Å². The molecule has 10 heteroatoms. The Morgan fingerprint density at radius 1 is 1.18 bits per heavy atom. The first-order valence-electron chi connectivity index (χ1n) is 8.07. The van der Waals surface area contributed by atoms with Crippen molar-refractivity contribution in [3.8, 4) is 11.5 Å². The summed E-state index contributed by atoms with van der Waals surface area (Å²) in [5.41, 5.74) is 0.514. The summed E-state index contributed by atoms with van der Waals surface area (Å²) in [4.78, 5) is 37.5. The van der Waals surface area contributed by atoms with E-state index < -0.39 is 30.0 Å². The van der Waals surface area contributed by atoms with Gasteiger partial charge < -0.3 is 30.8 Å². The van der Waals surface area contributed by atoms with E-state index in [-0.39, 0.29) is 30.0 Å². The average molecular weight is 390 g/mol. The van der Waals surface area contributed by atoms with Crippen molar-refractivity contribution in [3.63, 3.8) is 0 Å². The number of aliphatic imine (C=N–C) groups is 1. The molecule has 2 rings (SSSR count). The average Bonchev–Trinajstić information content (AvgIpc) is 2.63. The fraction of sp³-hybridized carbons (Fsp3) is 0.222. The lowest BCUT2D eigenvalue weighted by Crippen LogP contribution is -2.41. The van der Waals surface area contributed by atoms with Gasteiger partial charge in [0.25, 0.3) is 0 Å². The molecule has 0 radical (unpaired) electrons. The summed E-state index contributed by atoms with van der Waals surface area (Å²) < 4.78 is 0. The number of rotatable bonds is 7.